The molecule has 2 aromatic heterocycles. The summed E-state index contributed by atoms with van der Waals surface area (Å²) in [4.78, 5) is 10.7. The fraction of sp³-hybridized carbons (Fsp3) is 0.143. The fourth-order valence-electron chi connectivity index (χ4n) is 3.75. The van der Waals surface area contributed by atoms with E-state index >= 15 is 0 Å². The third-order valence-electron chi connectivity index (χ3n) is 5.48. The predicted molar refractivity (Wildman–Crippen MR) is 145 cm³/mol. The van der Waals surface area contributed by atoms with Crippen molar-refractivity contribution < 1.29 is 9.15 Å². The highest BCUT2D eigenvalue weighted by atomic mass is 35.5. The van der Waals surface area contributed by atoms with Crippen LogP contribution in [0.2, 0.25) is 5.02 Å². The molecule has 4 aromatic rings. The summed E-state index contributed by atoms with van der Waals surface area (Å²) in [7, 11) is 0. The molecule has 0 unspecified atom stereocenters. The fourth-order valence-corrected chi connectivity index (χ4v) is 3.87. The van der Waals surface area contributed by atoms with Gasteiger partial charge in [0.05, 0.1) is 17.9 Å². The number of hydrogen-bond acceptors (Lipinski definition) is 8. The number of nitrogens with one attached hydrogen (secondary N) is 1. The number of allylic oxidation sites excluding steroid dienone is 2. The first-order valence-corrected chi connectivity index (χ1v) is 12.2. The summed E-state index contributed by atoms with van der Waals surface area (Å²) >= 11 is 6.12. The summed E-state index contributed by atoms with van der Waals surface area (Å²) in [5.74, 6) is 2.21. The molecule has 1 N–H and O–H groups in total. The Morgan fingerprint density at radius 3 is 2.51 bits per heavy atom. The first kappa shape index (κ1) is 24.3. The summed E-state index contributed by atoms with van der Waals surface area (Å²) in [6, 6.07) is 20.9. The first-order chi connectivity index (χ1) is 18.1. The van der Waals surface area contributed by atoms with Gasteiger partial charge in [-0.15, -0.1) is 10.2 Å². The molecule has 0 aliphatic carbocycles. The summed E-state index contributed by atoms with van der Waals surface area (Å²) in [6.45, 7) is 4.49. The quantitative estimate of drug-likeness (QED) is 0.293. The molecule has 0 saturated heterocycles. The molecule has 9 heteroatoms. The van der Waals surface area contributed by atoms with Crippen LogP contribution in [-0.2, 0) is 6.54 Å². The lowest BCUT2D eigenvalue weighted by atomic mass is 10.1. The number of oxazole rings is 1. The molecule has 0 bridgehead atoms. The Bertz CT molecular complexity index is 1440. The van der Waals surface area contributed by atoms with Crippen molar-refractivity contribution in [3.05, 3.63) is 113 Å². The van der Waals surface area contributed by atoms with Crippen LogP contribution in [0.4, 0.5) is 5.69 Å². The normalized spacial score (nSPS) is 14.4. The summed E-state index contributed by atoms with van der Waals surface area (Å²) in [6.07, 6.45) is 6.18. The number of pyridine rings is 1. The zero-order valence-electron chi connectivity index (χ0n) is 20.4. The maximum Gasteiger partial charge on any atom is 0.249 e. The van der Waals surface area contributed by atoms with E-state index in [1.807, 2.05) is 73.7 Å². The molecule has 5 rings (SSSR count). The van der Waals surface area contributed by atoms with Crippen LogP contribution >= 0.6 is 11.6 Å². The molecule has 0 saturated carbocycles. The molecule has 1 aliphatic rings. The lowest BCUT2D eigenvalue weighted by Gasteiger charge is -2.31. The highest BCUT2D eigenvalue weighted by molar-refractivity contribution is 6.30. The maximum absolute atomic E-state index is 6.12. The highest BCUT2D eigenvalue weighted by Gasteiger charge is 2.28. The number of aryl methyl sites for hydroxylation is 1. The van der Waals surface area contributed by atoms with E-state index in [4.69, 9.17) is 20.8 Å². The second kappa shape index (κ2) is 11.1. The molecular weight excluding hydrogens is 488 g/mol. The third-order valence-corrected chi connectivity index (χ3v) is 5.73. The summed E-state index contributed by atoms with van der Waals surface area (Å²) < 4.78 is 11.5. The summed E-state index contributed by atoms with van der Waals surface area (Å²) in [5.41, 5.74) is 4.10. The Hall–Kier alpha value is -4.43. The van der Waals surface area contributed by atoms with Gasteiger partial charge < -0.3 is 19.4 Å². The van der Waals surface area contributed by atoms with Gasteiger partial charge >= 0.3 is 0 Å². The van der Waals surface area contributed by atoms with Crippen molar-refractivity contribution in [3.8, 4) is 11.6 Å². The molecule has 3 heterocycles. The smallest absolute Gasteiger partial charge is 0.249 e. The predicted octanol–water partition coefficient (Wildman–Crippen LogP) is 6.81. The van der Waals surface area contributed by atoms with Crippen molar-refractivity contribution in [1.82, 2.24) is 14.9 Å². The van der Waals surface area contributed by atoms with Gasteiger partial charge in [-0.3, -0.25) is 0 Å². The van der Waals surface area contributed by atoms with Gasteiger partial charge in [0.25, 0.3) is 0 Å². The molecule has 1 aliphatic heterocycles. The van der Waals surface area contributed by atoms with Crippen LogP contribution in [0, 0.1) is 6.92 Å². The van der Waals surface area contributed by atoms with Gasteiger partial charge in [0.2, 0.25) is 17.7 Å². The zero-order chi connectivity index (χ0) is 25.6. The minimum Gasteiger partial charge on any atom is -0.443 e. The van der Waals surface area contributed by atoms with Crippen LogP contribution in [0.5, 0.6) is 11.6 Å². The minimum atomic E-state index is 0.428. The molecule has 0 spiro atoms. The Morgan fingerprint density at radius 2 is 1.84 bits per heavy atom. The number of nitrogens with zero attached hydrogens (tertiary/aromatic N) is 5. The van der Waals surface area contributed by atoms with Crippen molar-refractivity contribution in [2.75, 3.05) is 5.32 Å². The number of halogens is 1. The van der Waals surface area contributed by atoms with Crippen molar-refractivity contribution in [2.45, 2.75) is 26.8 Å². The van der Waals surface area contributed by atoms with Crippen LogP contribution in [-0.4, -0.2) is 26.5 Å². The van der Waals surface area contributed by atoms with Gasteiger partial charge in [0.15, 0.2) is 5.71 Å². The maximum atomic E-state index is 6.12. The number of anilines is 1. The lowest BCUT2D eigenvalue weighted by molar-refractivity contribution is 0.463. The van der Waals surface area contributed by atoms with Crippen molar-refractivity contribution in [1.29, 1.82) is 0 Å². The molecule has 0 radical (unpaired) electrons. The molecule has 0 amide bonds. The second-order valence-electron chi connectivity index (χ2n) is 8.30. The van der Waals surface area contributed by atoms with E-state index in [2.05, 4.69) is 43.4 Å². The van der Waals surface area contributed by atoms with Gasteiger partial charge in [-0.05, 0) is 61.4 Å². The Kier molecular flexibility index (Phi) is 7.28. The molecular formula is C28H25ClN6O2. The average Bonchev–Trinajstić information content (AvgIpc) is 3.35. The number of aromatic nitrogens is 2. The van der Waals surface area contributed by atoms with E-state index in [1.165, 1.54) is 0 Å². The molecule has 2 aromatic carbocycles. The molecule has 8 nitrogen and oxygen atoms in total. The van der Waals surface area contributed by atoms with Crippen LogP contribution in [0.3, 0.4) is 0 Å². The number of ether oxygens (including phenoxy) is 1. The Morgan fingerprint density at radius 1 is 1.03 bits per heavy atom. The van der Waals surface area contributed by atoms with Crippen LogP contribution < -0.4 is 10.1 Å². The van der Waals surface area contributed by atoms with E-state index in [0.717, 1.165) is 29.1 Å². The standard InChI is InChI=1S/C28H25ClN6O2/c1-3-6-24-26(27-31-19(2)18-36-27)33-34-28(35(24)17-20-8-10-21(29)11-9-20)32-22-12-14-23(15-13-22)37-25-7-4-5-16-30-25/h4-16,18H,3,17H2,1-2H3,(H,32,34). The van der Waals surface area contributed by atoms with Crippen molar-refractivity contribution in [2.24, 2.45) is 10.2 Å². The van der Waals surface area contributed by atoms with Gasteiger partial charge in [0, 0.05) is 23.0 Å². The Balaban J connectivity index is 1.45. The highest BCUT2D eigenvalue weighted by Crippen LogP contribution is 2.26. The van der Waals surface area contributed by atoms with Gasteiger partial charge in [-0.25, -0.2) is 9.97 Å². The first-order valence-electron chi connectivity index (χ1n) is 11.9. The van der Waals surface area contributed by atoms with Gasteiger partial charge in [-0.1, -0.05) is 42.8 Å². The molecule has 186 valence electrons. The van der Waals surface area contributed by atoms with Crippen molar-refractivity contribution >= 4 is 29.0 Å². The third kappa shape index (κ3) is 5.87. The number of benzene rings is 2. The number of guanidine groups is 1. The van der Waals surface area contributed by atoms with Gasteiger partial charge in [0.1, 0.15) is 12.0 Å². The number of rotatable bonds is 7. The van der Waals surface area contributed by atoms with Crippen LogP contribution in [0.15, 0.2) is 106 Å². The van der Waals surface area contributed by atoms with Gasteiger partial charge in [-0.2, -0.15) is 0 Å². The molecule has 0 atom stereocenters. The van der Waals surface area contributed by atoms with E-state index in [0.29, 0.717) is 40.8 Å². The van der Waals surface area contributed by atoms with Crippen LogP contribution in [0.25, 0.3) is 0 Å². The van der Waals surface area contributed by atoms with E-state index < -0.39 is 0 Å². The second-order valence-corrected chi connectivity index (χ2v) is 8.73. The summed E-state index contributed by atoms with van der Waals surface area (Å²) in [5, 5.41) is 13.1. The lowest BCUT2D eigenvalue weighted by Crippen LogP contribution is -2.40. The van der Waals surface area contributed by atoms with Crippen molar-refractivity contribution in [3.63, 3.8) is 0 Å². The molecule has 37 heavy (non-hydrogen) atoms. The average molecular weight is 513 g/mol. The Labute approximate surface area is 220 Å². The number of hydrogen-bond donors (Lipinski definition) is 1. The SMILES string of the molecule is CCC=C1C(c2nc(C)co2)=NN=C(Nc2ccc(Oc3ccccn3)cc2)N1Cc1ccc(Cl)cc1. The topological polar surface area (TPSA) is 88.1 Å². The minimum absolute atomic E-state index is 0.428. The largest absolute Gasteiger partial charge is 0.443 e. The zero-order valence-corrected chi connectivity index (χ0v) is 21.2. The van der Waals surface area contributed by atoms with Crippen LogP contribution in [0.1, 0.15) is 30.5 Å². The molecule has 0 fully saturated rings. The van der Waals surface area contributed by atoms with E-state index in [9.17, 15) is 0 Å². The van der Waals surface area contributed by atoms with E-state index in [-0.39, 0.29) is 0 Å². The van der Waals surface area contributed by atoms with E-state index in [1.54, 1.807) is 12.5 Å². The monoisotopic (exact) mass is 512 g/mol.